The molecule has 2 aromatic heterocycles. The Hall–Kier alpha value is -12.4. The second kappa shape index (κ2) is 24.7. The number of para-hydroxylation sites is 2. The van der Waals surface area contributed by atoms with Gasteiger partial charge in [-0.25, -0.2) is 0 Å². The molecule has 2 aliphatic rings. The van der Waals surface area contributed by atoms with E-state index in [0.29, 0.717) is 0 Å². The Labute approximate surface area is 614 Å². The summed E-state index contributed by atoms with van der Waals surface area (Å²) < 4.78 is 5.18. The average Bonchev–Trinajstić information content (AvgIpc) is 1.53. The molecule has 0 fully saturated rings. The van der Waals surface area contributed by atoms with E-state index < -0.39 is 10.8 Å². The molecule has 104 heavy (non-hydrogen) atoms. The molecule has 0 saturated heterocycles. The highest BCUT2D eigenvalue weighted by Crippen LogP contribution is 2.60. The van der Waals surface area contributed by atoms with E-state index in [9.17, 15) is 0 Å². The number of nitrogens with zero attached hydrogens (tertiary/aromatic N) is 2. The number of fused-ring (bicyclic) bond motifs is 12. The Morgan fingerprint density at radius 1 is 0.212 bits per heavy atom. The van der Waals surface area contributed by atoms with E-state index in [-0.39, 0.29) is 0 Å². The molecule has 0 spiro atoms. The van der Waals surface area contributed by atoms with Crippen LogP contribution in [0.15, 0.2) is 376 Å². The van der Waals surface area contributed by atoms with Crippen LogP contribution in [-0.2, 0) is 10.8 Å². The van der Waals surface area contributed by atoms with Gasteiger partial charge in [0, 0.05) is 74.2 Å². The van der Waals surface area contributed by atoms with E-state index in [4.69, 9.17) is 0 Å². The van der Waals surface area contributed by atoms with Crippen molar-refractivity contribution in [1.29, 1.82) is 0 Å². The summed E-state index contributed by atoms with van der Waals surface area (Å²) in [4.78, 5) is 5.08. The molecule has 4 heteroatoms. The van der Waals surface area contributed by atoms with E-state index in [1.165, 1.54) is 118 Å². The average molecular weight is 1360 g/mol. The molecule has 0 aliphatic heterocycles. The van der Waals surface area contributed by atoms with E-state index in [0.717, 1.165) is 67.5 Å². The molecule has 18 aromatic rings. The molecule has 20 rings (SSSR count). The van der Waals surface area contributed by atoms with Crippen LogP contribution in [0.4, 0.5) is 34.1 Å². The third kappa shape index (κ3) is 9.52. The number of aryl methyl sites for hydroxylation is 2. The number of anilines is 6. The Kier molecular flexibility index (Phi) is 14.6. The van der Waals surface area contributed by atoms with Gasteiger partial charge in [0.25, 0.3) is 0 Å². The summed E-state index contributed by atoms with van der Waals surface area (Å²) in [6, 6.07) is 141. The van der Waals surface area contributed by atoms with Crippen LogP contribution in [0, 0.1) is 13.8 Å². The first-order valence-corrected chi connectivity index (χ1v) is 37.6. The van der Waals surface area contributed by atoms with E-state index >= 15 is 0 Å². The van der Waals surface area contributed by atoms with Crippen molar-refractivity contribution in [3.8, 4) is 55.6 Å². The van der Waals surface area contributed by atoms with Gasteiger partial charge in [0.2, 0.25) is 0 Å². The van der Waals surface area contributed by atoms with Crippen molar-refractivity contribution < 1.29 is 0 Å². The van der Waals surface area contributed by atoms with E-state index in [1.54, 1.807) is 0 Å². The molecule has 2 nitrogen and oxygen atoms in total. The normalized spacial score (nSPS) is 13.1. The highest BCUT2D eigenvalue weighted by Gasteiger charge is 2.48. The first-order chi connectivity index (χ1) is 51.4. The lowest BCUT2D eigenvalue weighted by atomic mass is 9.67. The Balaban J connectivity index is 0.759. The molecule has 0 radical (unpaired) electrons. The zero-order valence-corrected chi connectivity index (χ0v) is 59.1. The van der Waals surface area contributed by atoms with Crippen LogP contribution in [-0.4, -0.2) is 0 Å². The lowest BCUT2D eigenvalue weighted by molar-refractivity contribution is 0.768. The van der Waals surface area contributed by atoms with Crippen LogP contribution < -0.4 is 9.80 Å². The Morgan fingerprint density at radius 2 is 0.529 bits per heavy atom. The molecule has 0 N–H and O–H groups in total. The fourth-order valence-electron chi connectivity index (χ4n) is 17.7. The topological polar surface area (TPSA) is 6.48 Å². The molecule has 0 bridgehead atoms. The maximum absolute atomic E-state index is 2.54. The molecular weight excluding hydrogens is 1290 g/mol. The van der Waals surface area contributed by atoms with Crippen molar-refractivity contribution in [2.24, 2.45) is 0 Å². The maximum Gasteiger partial charge on any atom is 0.0714 e. The molecule has 490 valence electrons. The summed E-state index contributed by atoms with van der Waals surface area (Å²) in [6.45, 7) is 4.60. The smallest absolute Gasteiger partial charge is 0.0714 e. The second-order valence-electron chi connectivity index (χ2n) is 27.8. The van der Waals surface area contributed by atoms with Crippen molar-refractivity contribution in [2.45, 2.75) is 24.7 Å². The number of hydrogen-bond donors (Lipinski definition) is 0. The summed E-state index contributed by atoms with van der Waals surface area (Å²) in [6.07, 6.45) is 0. The van der Waals surface area contributed by atoms with Crippen molar-refractivity contribution in [1.82, 2.24) is 0 Å². The highest BCUT2D eigenvalue weighted by atomic mass is 32.1. The van der Waals surface area contributed by atoms with E-state index in [2.05, 4.69) is 400 Å². The van der Waals surface area contributed by atoms with Crippen LogP contribution in [0.3, 0.4) is 0 Å². The van der Waals surface area contributed by atoms with Gasteiger partial charge in [-0.2, -0.15) is 0 Å². The van der Waals surface area contributed by atoms with Crippen molar-refractivity contribution in [3.05, 3.63) is 432 Å². The standard InChI is InChI=1S/C100H68N2S2/c1-65-59-67(47-55-91(65)101(93-43-23-17-35-77(93)69-49-57-97-85(61-69)83-39-19-25-45-95(83)103-97)75-51-53-81-79-37-15-21-41-87(79)99(89(81)63-75,71-27-7-3-8-28-71)72-29-9-4-10-30-72)68-48-56-92(66(2)60-68)102(94-44-24-18-36-78(94)70-50-58-98-86(62-70)84-40-20-26-46-96(84)104-98)76-52-54-82-80-38-16-22-42-88(80)100(90(82)64-76,73-31-11-5-12-32-73)74-33-13-6-14-34-74/h3-64H,1-2H3. The van der Waals surface area contributed by atoms with Gasteiger partial charge < -0.3 is 9.80 Å². The van der Waals surface area contributed by atoms with Gasteiger partial charge in [0.1, 0.15) is 0 Å². The second-order valence-corrected chi connectivity index (χ2v) is 30.0. The van der Waals surface area contributed by atoms with Crippen molar-refractivity contribution in [2.75, 3.05) is 9.80 Å². The molecule has 2 heterocycles. The SMILES string of the molecule is Cc1cc(-c2ccc(N(c3ccc4c(c3)C(c3ccccc3)(c3ccccc3)c3ccccc3-4)c3ccccc3-c3ccc4sc5ccccc5c4c3)c(C)c2)ccc1N(c1ccc2c(c1)C(c1ccccc1)(c1ccccc1)c1ccccc1-2)c1ccccc1-c1ccc2sc3ccccc3c2c1. The first kappa shape index (κ1) is 61.4. The summed E-state index contributed by atoms with van der Waals surface area (Å²) >= 11 is 3.72. The summed E-state index contributed by atoms with van der Waals surface area (Å²) in [5.74, 6) is 0. The molecule has 0 saturated carbocycles. The fraction of sp³-hybridized carbons (Fsp3) is 0.0400. The summed E-state index contributed by atoms with van der Waals surface area (Å²) in [5, 5.41) is 5.13. The monoisotopic (exact) mass is 1360 g/mol. The zero-order valence-electron chi connectivity index (χ0n) is 57.5. The minimum atomic E-state index is -0.587. The predicted molar refractivity (Wildman–Crippen MR) is 442 cm³/mol. The van der Waals surface area contributed by atoms with Gasteiger partial charge in [-0.3, -0.25) is 0 Å². The number of hydrogen-bond acceptors (Lipinski definition) is 4. The van der Waals surface area contributed by atoms with Crippen LogP contribution in [0.2, 0.25) is 0 Å². The lowest BCUT2D eigenvalue weighted by Crippen LogP contribution is -2.28. The summed E-state index contributed by atoms with van der Waals surface area (Å²) in [7, 11) is 0. The van der Waals surface area contributed by atoms with Crippen LogP contribution in [0.1, 0.15) is 55.6 Å². The minimum absolute atomic E-state index is 0.587. The first-order valence-electron chi connectivity index (χ1n) is 35.9. The van der Waals surface area contributed by atoms with Gasteiger partial charge in [0.05, 0.1) is 22.2 Å². The zero-order chi connectivity index (χ0) is 69.0. The third-order valence-electron chi connectivity index (χ3n) is 22.3. The maximum atomic E-state index is 2.54. The third-order valence-corrected chi connectivity index (χ3v) is 24.6. The number of rotatable bonds is 13. The van der Waals surface area contributed by atoms with Gasteiger partial charge in [-0.15, -0.1) is 22.7 Å². The van der Waals surface area contributed by atoms with Gasteiger partial charge in [0.15, 0.2) is 0 Å². The predicted octanol–water partition coefficient (Wildman–Crippen LogP) is 27.7. The molecular formula is C100H68N2S2. The Bertz CT molecular complexity index is 5930. The summed E-state index contributed by atoms with van der Waals surface area (Å²) in [5.41, 5.74) is 29.8. The van der Waals surface area contributed by atoms with Gasteiger partial charge in [-0.1, -0.05) is 279 Å². The quantitative estimate of drug-likeness (QED) is 0.114. The van der Waals surface area contributed by atoms with Crippen molar-refractivity contribution in [3.63, 3.8) is 0 Å². The molecule has 16 aromatic carbocycles. The number of thiophene rings is 2. The fourth-order valence-corrected chi connectivity index (χ4v) is 19.9. The van der Waals surface area contributed by atoms with Crippen LogP contribution >= 0.6 is 22.7 Å². The highest BCUT2D eigenvalue weighted by molar-refractivity contribution is 7.26. The van der Waals surface area contributed by atoms with Gasteiger partial charge >= 0.3 is 0 Å². The molecule has 0 amide bonds. The lowest BCUT2D eigenvalue weighted by Gasteiger charge is -2.35. The van der Waals surface area contributed by atoms with Crippen molar-refractivity contribution >= 4 is 97.1 Å². The molecule has 0 atom stereocenters. The van der Waals surface area contributed by atoms with Crippen LogP contribution in [0.5, 0.6) is 0 Å². The molecule has 2 aliphatic carbocycles. The van der Waals surface area contributed by atoms with E-state index in [1.807, 2.05) is 22.7 Å². The largest absolute Gasteiger partial charge is 0.310 e. The minimum Gasteiger partial charge on any atom is -0.310 e. The molecule has 0 unspecified atom stereocenters. The van der Waals surface area contributed by atoms with Gasteiger partial charge in [-0.05, 0) is 211 Å². The number of benzene rings is 16. The van der Waals surface area contributed by atoms with Crippen LogP contribution in [0.25, 0.3) is 96.0 Å². The Morgan fingerprint density at radius 3 is 0.923 bits per heavy atom.